The van der Waals surface area contributed by atoms with Gasteiger partial charge in [-0.25, -0.2) is 4.39 Å². The monoisotopic (exact) mass is 300 g/mol. The molecule has 3 nitrogen and oxygen atoms in total. The minimum absolute atomic E-state index is 0.271. The van der Waals surface area contributed by atoms with E-state index >= 15 is 0 Å². The van der Waals surface area contributed by atoms with Gasteiger partial charge in [-0.2, -0.15) is 4.37 Å². The van der Waals surface area contributed by atoms with Crippen LogP contribution in [0, 0.1) is 5.82 Å². The van der Waals surface area contributed by atoms with Crippen LogP contribution in [0.25, 0.3) is 10.4 Å². The molecule has 0 saturated carbocycles. The van der Waals surface area contributed by atoms with Gasteiger partial charge in [0.2, 0.25) is 0 Å². The van der Waals surface area contributed by atoms with E-state index in [0.717, 1.165) is 16.0 Å². The predicted molar refractivity (Wildman–Crippen MR) is 80.4 cm³/mol. The van der Waals surface area contributed by atoms with Crippen LogP contribution in [0.4, 0.5) is 4.39 Å². The zero-order valence-corrected chi connectivity index (χ0v) is 12.1. The molecule has 0 aliphatic heterocycles. The molecule has 1 atom stereocenters. The molecule has 2 aromatic heterocycles. The number of hydrogen-bond donors (Lipinski definition) is 1. The van der Waals surface area contributed by atoms with E-state index < -0.39 is 5.60 Å². The molecule has 0 fully saturated rings. The number of benzene rings is 1. The van der Waals surface area contributed by atoms with Crippen LogP contribution in [0.3, 0.4) is 0 Å². The topological polar surface area (TPSA) is 46.0 Å². The molecule has 1 unspecified atom stereocenters. The Labute approximate surface area is 125 Å². The fourth-order valence-corrected chi connectivity index (χ4v) is 2.91. The molecule has 0 spiro atoms. The average Bonchev–Trinajstić information content (AvgIpc) is 2.99. The molecule has 1 aromatic carbocycles. The molecule has 0 saturated heterocycles. The second-order valence-electron chi connectivity index (χ2n) is 4.89. The van der Waals surface area contributed by atoms with Gasteiger partial charge in [-0.15, -0.1) is 0 Å². The van der Waals surface area contributed by atoms with Crippen molar-refractivity contribution >= 4 is 11.5 Å². The van der Waals surface area contributed by atoms with Crippen LogP contribution >= 0.6 is 11.5 Å². The van der Waals surface area contributed by atoms with Crippen molar-refractivity contribution < 1.29 is 9.50 Å². The summed E-state index contributed by atoms with van der Waals surface area (Å²) in [4.78, 5) is 4.84. The minimum atomic E-state index is -1.18. The third-order valence-electron chi connectivity index (χ3n) is 3.38. The summed E-state index contributed by atoms with van der Waals surface area (Å²) in [7, 11) is 0. The number of pyridine rings is 1. The van der Waals surface area contributed by atoms with Crippen molar-refractivity contribution in [2.75, 3.05) is 0 Å². The first-order valence-electron chi connectivity index (χ1n) is 6.43. The first-order valence-corrected chi connectivity index (χ1v) is 7.21. The van der Waals surface area contributed by atoms with Crippen molar-refractivity contribution in [2.24, 2.45) is 0 Å². The van der Waals surface area contributed by atoms with Crippen LogP contribution in [0.2, 0.25) is 0 Å². The number of nitrogens with zero attached hydrogens (tertiary/aromatic N) is 2. The van der Waals surface area contributed by atoms with Gasteiger partial charge in [0.15, 0.2) is 0 Å². The Morgan fingerprint density at radius 3 is 2.43 bits per heavy atom. The number of halogens is 1. The summed E-state index contributed by atoms with van der Waals surface area (Å²) in [6.07, 6.45) is 3.27. The molecule has 0 aliphatic rings. The van der Waals surface area contributed by atoms with Gasteiger partial charge in [0.25, 0.3) is 0 Å². The Hall–Kier alpha value is -2.11. The molecule has 2 heterocycles. The van der Waals surface area contributed by atoms with Crippen molar-refractivity contribution in [2.45, 2.75) is 12.5 Å². The molecular formula is C16H13FN2OS. The van der Waals surface area contributed by atoms with Crippen molar-refractivity contribution in [3.05, 3.63) is 71.9 Å². The molecule has 1 N–H and O–H groups in total. The van der Waals surface area contributed by atoms with E-state index in [-0.39, 0.29) is 5.82 Å². The number of rotatable bonds is 3. The summed E-state index contributed by atoms with van der Waals surface area (Å²) in [5.41, 5.74) is 0.995. The van der Waals surface area contributed by atoms with Crippen molar-refractivity contribution in [1.29, 1.82) is 0 Å². The van der Waals surface area contributed by atoms with Crippen LogP contribution in [-0.4, -0.2) is 14.5 Å². The quantitative estimate of drug-likeness (QED) is 0.804. The van der Waals surface area contributed by atoms with Crippen LogP contribution < -0.4 is 0 Å². The fourth-order valence-electron chi connectivity index (χ4n) is 2.08. The molecule has 0 aliphatic carbocycles. The predicted octanol–water partition coefficient (Wildman–Crippen LogP) is 3.60. The zero-order chi connectivity index (χ0) is 14.9. The van der Waals surface area contributed by atoms with Gasteiger partial charge in [0.1, 0.15) is 11.4 Å². The second kappa shape index (κ2) is 5.35. The Kier molecular flexibility index (Phi) is 3.53. The van der Waals surface area contributed by atoms with Gasteiger partial charge in [0, 0.05) is 12.4 Å². The molecule has 106 valence electrons. The lowest BCUT2D eigenvalue weighted by atomic mass is 9.93. The SMILES string of the molecule is CC(O)(c1ccncc1)c1cc(-c2ccc(F)cc2)sn1. The molecular weight excluding hydrogens is 287 g/mol. The Bertz CT molecular complexity index is 738. The van der Waals surface area contributed by atoms with E-state index in [9.17, 15) is 9.50 Å². The lowest BCUT2D eigenvalue weighted by Crippen LogP contribution is -2.23. The van der Waals surface area contributed by atoms with E-state index in [1.54, 1.807) is 43.6 Å². The standard InChI is InChI=1S/C16H13FN2OS/c1-16(20,12-6-8-18-9-7-12)15-10-14(21-19-15)11-2-4-13(17)5-3-11/h2-10,20H,1H3. The van der Waals surface area contributed by atoms with Crippen molar-refractivity contribution in [1.82, 2.24) is 9.36 Å². The summed E-state index contributed by atoms with van der Waals surface area (Å²) in [5, 5.41) is 10.7. The molecule has 0 amide bonds. The molecule has 0 radical (unpaired) electrons. The molecule has 21 heavy (non-hydrogen) atoms. The zero-order valence-electron chi connectivity index (χ0n) is 11.3. The maximum absolute atomic E-state index is 13.0. The van der Waals surface area contributed by atoms with E-state index in [1.165, 1.54) is 23.7 Å². The van der Waals surface area contributed by atoms with Crippen LogP contribution in [0.1, 0.15) is 18.2 Å². The number of aromatic nitrogens is 2. The molecule has 5 heteroatoms. The molecule has 3 aromatic rings. The Morgan fingerprint density at radius 1 is 1.10 bits per heavy atom. The van der Waals surface area contributed by atoms with Gasteiger partial charge in [-0.3, -0.25) is 4.98 Å². The smallest absolute Gasteiger partial charge is 0.130 e. The highest BCUT2D eigenvalue weighted by molar-refractivity contribution is 7.09. The first-order chi connectivity index (χ1) is 10.1. The highest BCUT2D eigenvalue weighted by Crippen LogP contribution is 2.33. The number of aliphatic hydroxyl groups is 1. The minimum Gasteiger partial charge on any atom is -0.379 e. The fraction of sp³-hybridized carbons (Fsp3) is 0.125. The maximum Gasteiger partial charge on any atom is 0.130 e. The third kappa shape index (κ3) is 2.70. The second-order valence-corrected chi connectivity index (χ2v) is 5.70. The summed E-state index contributed by atoms with van der Waals surface area (Å²) in [6, 6.07) is 11.6. The lowest BCUT2D eigenvalue weighted by molar-refractivity contribution is 0.0984. The van der Waals surface area contributed by atoms with Crippen molar-refractivity contribution in [3.8, 4) is 10.4 Å². The summed E-state index contributed by atoms with van der Waals surface area (Å²) in [5.74, 6) is -0.271. The largest absolute Gasteiger partial charge is 0.379 e. The first kappa shape index (κ1) is 13.9. The van der Waals surface area contributed by atoms with E-state index in [1.807, 2.05) is 6.07 Å². The van der Waals surface area contributed by atoms with Gasteiger partial charge < -0.3 is 5.11 Å². The summed E-state index contributed by atoms with van der Waals surface area (Å²) < 4.78 is 17.3. The van der Waals surface area contributed by atoms with E-state index in [0.29, 0.717) is 5.69 Å². The average molecular weight is 300 g/mol. The van der Waals surface area contributed by atoms with Crippen LogP contribution in [0.15, 0.2) is 54.9 Å². The number of hydrogen-bond acceptors (Lipinski definition) is 4. The van der Waals surface area contributed by atoms with Gasteiger partial charge in [-0.1, -0.05) is 12.1 Å². The third-order valence-corrected chi connectivity index (χ3v) is 4.22. The maximum atomic E-state index is 13.0. The van der Waals surface area contributed by atoms with Crippen LogP contribution in [-0.2, 0) is 5.60 Å². The molecule has 3 rings (SSSR count). The van der Waals surface area contributed by atoms with Crippen molar-refractivity contribution in [3.63, 3.8) is 0 Å². The highest BCUT2D eigenvalue weighted by atomic mass is 32.1. The highest BCUT2D eigenvalue weighted by Gasteiger charge is 2.28. The lowest BCUT2D eigenvalue weighted by Gasteiger charge is -2.21. The van der Waals surface area contributed by atoms with Gasteiger partial charge in [0.05, 0.1) is 10.6 Å². The Balaban J connectivity index is 1.96. The van der Waals surface area contributed by atoms with E-state index in [4.69, 9.17) is 0 Å². The van der Waals surface area contributed by atoms with Crippen LogP contribution in [0.5, 0.6) is 0 Å². The molecule has 0 bridgehead atoms. The van der Waals surface area contributed by atoms with Gasteiger partial charge in [-0.05, 0) is 59.9 Å². The van der Waals surface area contributed by atoms with E-state index in [2.05, 4.69) is 9.36 Å². The Morgan fingerprint density at radius 2 is 1.76 bits per heavy atom. The summed E-state index contributed by atoms with van der Waals surface area (Å²) >= 11 is 1.28. The normalized spacial score (nSPS) is 13.9. The van der Waals surface area contributed by atoms with Gasteiger partial charge >= 0.3 is 0 Å². The summed E-state index contributed by atoms with van der Waals surface area (Å²) in [6.45, 7) is 1.70.